The number of hydrogen-bond donors (Lipinski definition) is 2. The molecule has 1 aromatic carbocycles. The molecule has 0 fully saturated rings. The number of benzene rings is 1. The maximum Gasteiger partial charge on any atom is 0.303 e. The lowest BCUT2D eigenvalue weighted by molar-refractivity contribution is -0.136. The van der Waals surface area contributed by atoms with Crippen LogP contribution in [0.5, 0.6) is 0 Å². The number of carboxylic acids is 1. The summed E-state index contributed by atoms with van der Waals surface area (Å²) >= 11 is 0. The smallest absolute Gasteiger partial charge is 0.303 e. The Kier molecular flexibility index (Phi) is 4.35. The molecule has 3 nitrogen and oxygen atoms in total. The van der Waals surface area contributed by atoms with Gasteiger partial charge in [-0.2, -0.15) is 0 Å². The molecule has 0 aliphatic rings. The van der Waals surface area contributed by atoms with Gasteiger partial charge in [0.05, 0.1) is 0 Å². The minimum atomic E-state index is -0.753. The number of hydrogen-bond acceptors (Lipinski definition) is 2. The topological polar surface area (TPSA) is 49.3 Å². The van der Waals surface area contributed by atoms with E-state index in [0.29, 0.717) is 12.5 Å². The van der Waals surface area contributed by atoms with Gasteiger partial charge in [0.1, 0.15) is 0 Å². The Morgan fingerprint density at radius 3 is 2.69 bits per heavy atom. The molecule has 0 heterocycles. The molecule has 0 amide bonds. The number of nitrogens with one attached hydrogen (secondary N) is 1. The number of carboxylic acid groups (broad SMARTS) is 1. The average Bonchev–Trinajstić information content (AvgIpc) is 2.17. The second-order valence-electron chi connectivity index (χ2n) is 4.35. The van der Waals surface area contributed by atoms with Crippen molar-refractivity contribution >= 4 is 11.7 Å². The zero-order valence-corrected chi connectivity index (χ0v) is 10.1. The van der Waals surface area contributed by atoms with Gasteiger partial charge in [-0.3, -0.25) is 4.79 Å². The molecule has 3 heteroatoms. The molecule has 0 radical (unpaired) electrons. The van der Waals surface area contributed by atoms with Gasteiger partial charge in [-0.1, -0.05) is 17.7 Å². The van der Waals surface area contributed by atoms with Crippen molar-refractivity contribution in [1.29, 1.82) is 0 Å². The predicted octanol–water partition coefficient (Wildman–Crippen LogP) is 2.83. The number of carbonyl (C=O) groups is 1. The SMILES string of the molecule is Cc1ccc(NC(C)C)c(CCC(=O)O)c1. The Hall–Kier alpha value is -1.51. The van der Waals surface area contributed by atoms with E-state index in [2.05, 4.69) is 19.2 Å². The van der Waals surface area contributed by atoms with Crippen LogP contribution in [0.15, 0.2) is 18.2 Å². The molecule has 0 saturated heterocycles. The summed E-state index contributed by atoms with van der Waals surface area (Å²) in [6.07, 6.45) is 0.752. The van der Waals surface area contributed by atoms with Crippen LogP contribution in [0.2, 0.25) is 0 Å². The van der Waals surface area contributed by atoms with E-state index < -0.39 is 5.97 Å². The molecule has 2 N–H and O–H groups in total. The fraction of sp³-hybridized carbons (Fsp3) is 0.462. The molecule has 88 valence electrons. The quantitative estimate of drug-likeness (QED) is 0.803. The van der Waals surface area contributed by atoms with Crippen LogP contribution in [-0.4, -0.2) is 17.1 Å². The fourth-order valence-electron chi connectivity index (χ4n) is 1.62. The summed E-state index contributed by atoms with van der Waals surface area (Å²) in [7, 11) is 0. The van der Waals surface area contributed by atoms with Gasteiger partial charge >= 0.3 is 5.97 Å². The Labute approximate surface area is 96.5 Å². The van der Waals surface area contributed by atoms with E-state index in [1.165, 1.54) is 0 Å². The summed E-state index contributed by atoms with van der Waals surface area (Å²) < 4.78 is 0. The number of aliphatic carboxylic acids is 1. The summed E-state index contributed by atoms with van der Waals surface area (Å²) in [4.78, 5) is 10.6. The Morgan fingerprint density at radius 2 is 2.12 bits per heavy atom. The molecule has 0 aromatic heterocycles. The van der Waals surface area contributed by atoms with Gasteiger partial charge in [-0.25, -0.2) is 0 Å². The molecule has 0 saturated carbocycles. The normalized spacial score (nSPS) is 10.5. The summed E-state index contributed by atoms with van der Waals surface area (Å²) in [5.74, 6) is -0.753. The highest BCUT2D eigenvalue weighted by Gasteiger charge is 2.06. The molecular formula is C13H19NO2. The van der Waals surface area contributed by atoms with E-state index in [-0.39, 0.29) is 6.42 Å². The van der Waals surface area contributed by atoms with Crippen LogP contribution in [0.3, 0.4) is 0 Å². The zero-order chi connectivity index (χ0) is 12.1. The highest BCUT2D eigenvalue weighted by molar-refractivity contribution is 5.68. The molecule has 0 atom stereocenters. The van der Waals surface area contributed by atoms with Gasteiger partial charge in [0.15, 0.2) is 0 Å². The number of anilines is 1. The summed E-state index contributed by atoms with van der Waals surface area (Å²) in [6.45, 7) is 6.16. The third-order valence-corrected chi connectivity index (χ3v) is 2.31. The minimum Gasteiger partial charge on any atom is -0.481 e. The van der Waals surface area contributed by atoms with E-state index in [0.717, 1.165) is 16.8 Å². The van der Waals surface area contributed by atoms with Gasteiger partial charge in [0.25, 0.3) is 0 Å². The maximum atomic E-state index is 10.6. The van der Waals surface area contributed by atoms with E-state index in [4.69, 9.17) is 5.11 Å². The van der Waals surface area contributed by atoms with Crippen LogP contribution in [-0.2, 0) is 11.2 Å². The molecular weight excluding hydrogens is 202 g/mol. The third kappa shape index (κ3) is 3.93. The van der Waals surface area contributed by atoms with Crippen molar-refractivity contribution < 1.29 is 9.90 Å². The monoisotopic (exact) mass is 221 g/mol. The number of aryl methyl sites for hydroxylation is 2. The standard InChI is InChI=1S/C13H19NO2/c1-9(2)14-12-6-4-10(3)8-11(12)5-7-13(15)16/h4,6,8-9,14H,5,7H2,1-3H3,(H,15,16). The van der Waals surface area contributed by atoms with Crippen LogP contribution in [0.1, 0.15) is 31.4 Å². The maximum absolute atomic E-state index is 10.6. The van der Waals surface area contributed by atoms with Gasteiger partial charge in [-0.15, -0.1) is 0 Å². The first-order valence-electron chi connectivity index (χ1n) is 5.57. The number of rotatable bonds is 5. The van der Waals surface area contributed by atoms with Gasteiger partial charge in [0, 0.05) is 18.2 Å². The van der Waals surface area contributed by atoms with Crippen molar-refractivity contribution in [3.63, 3.8) is 0 Å². The fourth-order valence-corrected chi connectivity index (χ4v) is 1.62. The molecule has 0 bridgehead atoms. The minimum absolute atomic E-state index is 0.177. The van der Waals surface area contributed by atoms with Crippen LogP contribution in [0, 0.1) is 6.92 Å². The van der Waals surface area contributed by atoms with Crippen molar-refractivity contribution in [2.45, 2.75) is 39.7 Å². The van der Waals surface area contributed by atoms with E-state index in [1.54, 1.807) is 0 Å². The first-order valence-corrected chi connectivity index (χ1v) is 5.57. The first-order chi connectivity index (χ1) is 7.49. The molecule has 0 spiro atoms. The van der Waals surface area contributed by atoms with E-state index >= 15 is 0 Å². The second kappa shape index (κ2) is 5.54. The summed E-state index contributed by atoms with van der Waals surface area (Å²) in [6, 6.07) is 6.46. The van der Waals surface area contributed by atoms with Crippen molar-refractivity contribution in [3.8, 4) is 0 Å². The highest BCUT2D eigenvalue weighted by atomic mass is 16.4. The van der Waals surface area contributed by atoms with Gasteiger partial charge in [0.2, 0.25) is 0 Å². The lowest BCUT2D eigenvalue weighted by atomic mass is 10.0. The third-order valence-electron chi connectivity index (χ3n) is 2.31. The highest BCUT2D eigenvalue weighted by Crippen LogP contribution is 2.19. The molecule has 0 aliphatic heterocycles. The van der Waals surface area contributed by atoms with Gasteiger partial charge < -0.3 is 10.4 Å². The lowest BCUT2D eigenvalue weighted by Gasteiger charge is -2.15. The molecule has 16 heavy (non-hydrogen) atoms. The molecule has 1 rings (SSSR count). The predicted molar refractivity (Wildman–Crippen MR) is 65.9 cm³/mol. The van der Waals surface area contributed by atoms with E-state index in [1.807, 2.05) is 25.1 Å². The van der Waals surface area contributed by atoms with E-state index in [9.17, 15) is 4.79 Å². The molecule has 0 unspecified atom stereocenters. The van der Waals surface area contributed by atoms with Gasteiger partial charge in [-0.05, 0) is 38.8 Å². The van der Waals surface area contributed by atoms with Crippen LogP contribution in [0.25, 0.3) is 0 Å². The van der Waals surface area contributed by atoms with Crippen molar-refractivity contribution in [3.05, 3.63) is 29.3 Å². The summed E-state index contributed by atoms with van der Waals surface area (Å²) in [5, 5.41) is 12.0. The van der Waals surface area contributed by atoms with Crippen LogP contribution in [0.4, 0.5) is 5.69 Å². The van der Waals surface area contributed by atoms with Crippen molar-refractivity contribution in [2.75, 3.05) is 5.32 Å². The second-order valence-corrected chi connectivity index (χ2v) is 4.35. The molecule has 0 aliphatic carbocycles. The average molecular weight is 221 g/mol. The first kappa shape index (κ1) is 12.6. The Morgan fingerprint density at radius 1 is 1.44 bits per heavy atom. The Balaban J connectivity index is 2.84. The Bertz CT molecular complexity index is 372. The van der Waals surface area contributed by atoms with Crippen molar-refractivity contribution in [1.82, 2.24) is 0 Å². The van der Waals surface area contributed by atoms with Crippen LogP contribution >= 0.6 is 0 Å². The lowest BCUT2D eigenvalue weighted by Crippen LogP contribution is -2.12. The zero-order valence-electron chi connectivity index (χ0n) is 10.1. The largest absolute Gasteiger partial charge is 0.481 e. The molecule has 1 aromatic rings. The van der Waals surface area contributed by atoms with Crippen molar-refractivity contribution in [2.24, 2.45) is 0 Å². The van der Waals surface area contributed by atoms with Crippen LogP contribution < -0.4 is 5.32 Å². The summed E-state index contributed by atoms with van der Waals surface area (Å²) in [5.41, 5.74) is 3.28.